The van der Waals surface area contributed by atoms with Crippen LogP contribution in [0.4, 0.5) is 20.4 Å². The molecule has 3 heterocycles. The van der Waals surface area contributed by atoms with Gasteiger partial charge in [0.05, 0.1) is 44.1 Å². The highest BCUT2D eigenvalue weighted by Crippen LogP contribution is 2.32. The number of rotatable bonds is 10. The van der Waals surface area contributed by atoms with Crippen LogP contribution in [0.2, 0.25) is 0 Å². The largest absolute Gasteiger partial charge is 0.494 e. The molecule has 0 saturated carbocycles. The van der Waals surface area contributed by atoms with Gasteiger partial charge < -0.3 is 24.8 Å². The fourth-order valence-corrected chi connectivity index (χ4v) is 3.84. The first-order valence-electron chi connectivity index (χ1n) is 11.1. The summed E-state index contributed by atoms with van der Waals surface area (Å²) < 4.78 is 46.2. The molecule has 0 radical (unpaired) electrons. The van der Waals surface area contributed by atoms with Crippen LogP contribution in [0.25, 0.3) is 0 Å². The molecule has 3 aromatic rings. The molecule has 1 aromatic carbocycles. The van der Waals surface area contributed by atoms with Gasteiger partial charge in [-0.15, -0.1) is 0 Å². The van der Waals surface area contributed by atoms with Gasteiger partial charge in [-0.1, -0.05) is 0 Å². The zero-order valence-corrected chi connectivity index (χ0v) is 19.2. The number of halogens is 2. The summed E-state index contributed by atoms with van der Waals surface area (Å²) in [6.07, 6.45) is 9.99. The second kappa shape index (κ2) is 11.1. The first-order chi connectivity index (χ1) is 16.6. The molecule has 34 heavy (non-hydrogen) atoms. The Morgan fingerprint density at radius 2 is 1.74 bits per heavy atom. The predicted octanol–water partition coefficient (Wildman–Crippen LogP) is 3.68. The first kappa shape index (κ1) is 23.7. The summed E-state index contributed by atoms with van der Waals surface area (Å²) in [4.78, 5) is 8.40. The second-order valence-electron chi connectivity index (χ2n) is 8.02. The Labute approximate surface area is 196 Å². The van der Waals surface area contributed by atoms with Gasteiger partial charge in [0.1, 0.15) is 6.61 Å². The zero-order valence-electron chi connectivity index (χ0n) is 19.2. The summed E-state index contributed by atoms with van der Waals surface area (Å²) in [7, 11) is 2.58. The van der Waals surface area contributed by atoms with Crippen LogP contribution < -0.4 is 24.8 Å². The van der Waals surface area contributed by atoms with Crippen molar-refractivity contribution in [3.8, 4) is 17.2 Å². The third kappa shape index (κ3) is 5.71. The maximum absolute atomic E-state index is 14.5. The lowest BCUT2D eigenvalue weighted by Crippen LogP contribution is -2.28. The predicted molar refractivity (Wildman–Crippen MR) is 122 cm³/mol. The van der Waals surface area contributed by atoms with Crippen molar-refractivity contribution in [3.63, 3.8) is 0 Å². The summed E-state index contributed by atoms with van der Waals surface area (Å²) in [5, 5.41) is 10.9. The van der Waals surface area contributed by atoms with E-state index in [-0.39, 0.29) is 29.4 Å². The van der Waals surface area contributed by atoms with Crippen LogP contribution in [0, 0.1) is 17.6 Å². The van der Waals surface area contributed by atoms with Crippen molar-refractivity contribution in [3.05, 3.63) is 48.1 Å². The van der Waals surface area contributed by atoms with Gasteiger partial charge in [-0.25, -0.2) is 18.7 Å². The summed E-state index contributed by atoms with van der Waals surface area (Å²) in [5.41, 5.74) is 0.460. The van der Waals surface area contributed by atoms with Gasteiger partial charge in [0.25, 0.3) is 0 Å². The smallest absolute Gasteiger partial charge is 0.227 e. The van der Waals surface area contributed by atoms with Crippen LogP contribution in [-0.4, -0.2) is 47.1 Å². The highest BCUT2D eigenvalue weighted by atomic mass is 19.1. The monoisotopic (exact) mass is 474 g/mol. The molecule has 2 N–H and O–H groups in total. The number of benzene rings is 1. The van der Waals surface area contributed by atoms with Crippen LogP contribution in [0.3, 0.4) is 0 Å². The zero-order chi connectivity index (χ0) is 23.9. The Hall–Kier alpha value is -3.47. The maximum atomic E-state index is 14.5. The van der Waals surface area contributed by atoms with Gasteiger partial charge in [-0.2, -0.15) is 5.10 Å². The van der Waals surface area contributed by atoms with Gasteiger partial charge in [0.2, 0.25) is 5.95 Å². The fraction of sp³-hybridized carbons (Fsp3) is 0.435. The molecule has 0 unspecified atom stereocenters. The van der Waals surface area contributed by atoms with Gasteiger partial charge in [-0.05, 0) is 38.3 Å². The second-order valence-corrected chi connectivity index (χ2v) is 8.02. The van der Waals surface area contributed by atoms with Crippen LogP contribution in [0.1, 0.15) is 24.8 Å². The molecule has 0 bridgehead atoms. The number of ether oxygens (including phenoxy) is 3. The molecule has 9 nitrogen and oxygen atoms in total. The van der Waals surface area contributed by atoms with Crippen molar-refractivity contribution in [2.75, 3.05) is 32.6 Å². The van der Waals surface area contributed by atoms with E-state index in [4.69, 9.17) is 14.2 Å². The van der Waals surface area contributed by atoms with Crippen molar-refractivity contribution in [2.24, 2.45) is 5.92 Å². The number of aryl methyl sites for hydroxylation is 1. The average molecular weight is 475 g/mol. The summed E-state index contributed by atoms with van der Waals surface area (Å²) in [6, 6.07) is 1.15. The van der Waals surface area contributed by atoms with E-state index >= 15 is 0 Å². The van der Waals surface area contributed by atoms with Crippen LogP contribution in [0.15, 0.2) is 30.9 Å². The van der Waals surface area contributed by atoms with E-state index in [1.807, 2.05) is 10.9 Å². The van der Waals surface area contributed by atoms with Gasteiger partial charge in [0, 0.05) is 18.8 Å². The third-order valence-electron chi connectivity index (χ3n) is 5.79. The number of anilines is 2. The Kier molecular flexibility index (Phi) is 7.73. The molecule has 2 aromatic heterocycles. The molecule has 182 valence electrons. The minimum Gasteiger partial charge on any atom is -0.494 e. The number of aromatic nitrogens is 4. The average Bonchev–Trinajstić information content (AvgIpc) is 3.32. The van der Waals surface area contributed by atoms with E-state index in [9.17, 15) is 8.78 Å². The van der Waals surface area contributed by atoms with Gasteiger partial charge >= 0.3 is 0 Å². The number of piperidine rings is 1. The maximum Gasteiger partial charge on any atom is 0.227 e. The van der Waals surface area contributed by atoms with E-state index in [2.05, 4.69) is 25.7 Å². The van der Waals surface area contributed by atoms with Crippen molar-refractivity contribution in [1.82, 2.24) is 25.1 Å². The Bertz CT molecular complexity index is 1060. The molecular formula is C23H28F2N6O3. The lowest BCUT2D eigenvalue weighted by molar-refractivity contribution is 0.280. The molecule has 0 atom stereocenters. The molecule has 1 fully saturated rings. The van der Waals surface area contributed by atoms with E-state index in [1.54, 1.807) is 6.20 Å². The molecule has 1 saturated heterocycles. The van der Waals surface area contributed by atoms with E-state index in [0.717, 1.165) is 43.7 Å². The highest BCUT2D eigenvalue weighted by molar-refractivity contribution is 5.50. The van der Waals surface area contributed by atoms with Crippen LogP contribution >= 0.6 is 0 Å². The van der Waals surface area contributed by atoms with Crippen molar-refractivity contribution in [1.29, 1.82) is 0 Å². The quantitative estimate of drug-likeness (QED) is 0.460. The minimum absolute atomic E-state index is 0.135. The fourth-order valence-electron chi connectivity index (χ4n) is 3.84. The molecule has 0 aliphatic carbocycles. The number of nitrogens with one attached hydrogen (secondary N) is 2. The third-order valence-corrected chi connectivity index (χ3v) is 5.79. The molecular weight excluding hydrogens is 446 g/mol. The first-order valence-corrected chi connectivity index (χ1v) is 11.1. The molecule has 0 spiro atoms. The van der Waals surface area contributed by atoms with Crippen molar-refractivity contribution < 1.29 is 23.0 Å². The Morgan fingerprint density at radius 1 is 1.06 bits per heavy atom. The number of hydrogen-bond donors (Lipinski definition) is 2. The molecule has 4 rings (SSSR count). The number of nitrogens with zero attached hydrogens (tertiary/aromatic N) is 4. The Balaban J connectivity index is 1.32. The summed E-state index contributed by atoms with van der Waals surface area (Å²) >= 11 is 0. The van der Waals surface area contributed by atoms with Crippen molar-refractivity contribution in [2.45, 2.75) is 32.4 Å². The SMILES string of the molecule is COc1cc(OC)c(F)c(COc2cnc(Nc3cnn(CCC4CCNCC4)c3)nc2)c1F. The lowest BCUT2D eigenvalue weighted by Gasteiger charge is -2.22. The van der Waals surface area contributed by atoms with Crippen LogP contribution in [0.5, 0.6) is 17.2 Å². The summed E-state index contributed by atoms with van der Waals surface area (Å²) in [6.45, 7) is 2.66. The van der Waals surface area contributed by atoms with E-state index < -0.39 is 11.6 Å². The van der Waals surface area contributed by atoms with Crippen molar-refractivity contribution >= 4 is 11.6 Å². The van der Waals surface area contributed by atoms with E-state index in [0.29, 0.717) is 5.95 Å². The van der Waals surface area contributed by atoms with Gasteiger partial charge in [-0.3, -0.25) is 4.68 Å². The molecule has 0 amide bonds. The molecule has 1 aliphatic heterocycles. The van der Waals surface area contributed by atoms with Crippen LogP contribution in [-0.2, 0) is 13.2 Å². The molecule has 1 aliphatic rings. The van der Waals surface area contributed by atoms with E-state index in [1.165, 1.54) is 39.5 Å². The normalized spacial score (nSPS) is 14.1. The Morgan fingerprint density at radius 3 is 2.38 bits per heavy atom. The van der Waals surface area contributed by atoms with Gasteiger partial charge in [0.15, 0.2) is 28.9 Å². The topological polar surface area (TPSA) is 95.4 Å². The highest BCUT2D eigenvalue weighted by Gasteiger charge is 2.20. The number of hydrogen-bond acceptors (Lipinski definition) is 8. The lowest BCUT2D eigenvalue weighted by atomic mass is 9.95. The number of methoxy groups -OCH3 is 2. The standard InChI is InChI=1S/C23H28F2N6O3/c1-32-19-9-20(33-2)22(25)18(21(19)24)14-34-17-11-27-23(28-12-17)30-16-10-29-31(13-16)8-5-15-3-6-26-7-4-15/h9-13,15,26H,3-8,14H2,1-2H3,(H,27,28,30). The molecule has 11 heteroatoms. The summed E-state index contributed by atoms with van der Waals surface area (Å²) in [5.74, 6) is -0.630. The minimum atomic E-state index is -0.850.